The topological polar surface area (TPSA) is 78.4 Å². The van der Waals surface area contributed by atoms with E-state index in [0.29, 0.717) is 28.6 Å². The average Bonchev–Trinajstić information content (AvgIpc) is 2.31. The van der Waals surface area contributed by atoms with E-state index in [1.54, 1.807) is 12.1 Å². The second kappa shape index (κ2) is 5.89. The summed E-state index contributed by atoms with van der Waals surface area (Å²) in [5.41, 5.74) is -0.396. The molecule has 0 heterocycles. The highest BCUT2D eigenvalue weighted by molar-refractivity contribution is 6.36. The van der Waals surface area contributed by atoms with Crippen LogP contribution in [0.2, 0.25) is 10.0 Å². The highest BCUT2D eigenvalue weighted by Crippen LogP contribution is 2.40. The molecule has 2 amide bonds. The lowest BCUT2D eigenvalue weighted by Gasteiger charge is -2.37. The molecule has 7 heteroatoms. The second-order valence-corrected chi connectivity index (χ2v) is 5.71. The molecular formula is C13H14Cl2N2O3. The minimum atomic E-state index is -0.867. The fraction of sp³-hybridized carbons (Fsp3) is 0.385. The van der Waals surface area contributed by atoms with Crippen LogP contribution in [0.15, 0.2) is 18.2 Å². The highest BCUT2D eigenvalue weighted by atomic mass is 35.5. The van der Waals surface area contributed by atoms with Crippen LogP contribution >= 0.6 is 23.2 Å². The zero-order chi connectivity index (χ0) is 14.8. The number of anilines is 1. The van der Waals surface area contributed by atoms with Gasteiger partial charge < -0.3 is 15.7 Å². The van der Waals surface area contributed by atoms with Gasteiger partial charge in [0.25, 0.3) is 0 Å². The van der Waals surface area contributed by atoms with Crippen LogP contribution in [0.4, 0.5) is 10.5 Å². The zero-order valence-electron chi connectivity index (χ0n) is 10.6. The summed E-state index contributed by atoms with van der Waals surface area (Å²) in [5, 5.41) is 15.1. The molecule has 0 spiro atoms. The fourth-order valence-electron chi connectivity index (χ4n) is 2.08. The average molecular weight is 317 g/mol. The molecule has 1 aliphatic rings. The van der Waals surface area contributed by atoms with Crippen molar-refractivity contribution in [2.75, 3.05) is 11.9 Å². The van der Waals surface area contributed by atoms with Crippen molar-refractivity contribution in [1.82, 2.24) is 5.32 Å². The predicted octanol–water partition coefficient (Wildman–Crippen LogP) is 3.37. The van der Waals surface area contributed by atoms with E-state index in [9.17, 15) is 9.59 Å². The second-order valence-electron chi connectivity index (χ2n) is 4.87. The van der Waals surface area contributed by atoms with Crippen LogP contribution in [0.3, 0.4) is 0 Å². The maximum absolute atomic E-state index is 11.8. The van der Waals surface area contributed by atoms with Crippen LogP contribution in [-0.2, 0) is 4.79 Å². The number of hydrogen-bond donors (Lipinski definition) is 3. The Morgan fingerprint density at radius 1 is 1.30 bits per heavy atom. The molecule has 108 valence electrons. The summed E-state index contributed by atoms with van der Waals surface area (Å²) in [7, 11) is 0. The van der Waals surface area contributed by atoms with Gasteiger partial charge in [0, 0.05) is 11.6 Å². The summed E-state index contributed by atoms with van der Waals surface area (Å²) < 4.78 is 0. The number of carbonyl (C=O) groups is 2. The van der Waals surface area contributed by atoms with Crippen molar-refractivity contribution in [2.45, 2.75) is 19.3 Å². The summed E-state index contributed by atoms with van der Waals surface area (Å²) in [6.07, 6.45) is 2.05. The van der Waals surface area contributed by atoms with Crippen molar-refractivity contribution in [2.24, 2.45) is 5.41 Å². The molecule has 1 aliphatic carbocycles. The van der Waals surface area contributed by atoms with Gasteiger partial charge in [0.2, 0.25) is 0 Å². The Morgan fingerprint density at radius 3 is 2.50 bits per heavy atom. The van der Waals surface area contributed by atoms with Gasteiger partial charge in [-0.25, -0.2) is 4.79 Å². The van der Waals surface area contributed by atoms with Gasteiger partial charge in [-0.05, 0) is 31.0 Å². The lowest BCUT2D eigenvalue weighted by atomic mass is 9.69. The van der Waals surface area contributed by atoms with Gasteiger partial charge in [0.05, 0.1) is 16.1 Å². The lowest BCUT2D eigenvalue weighted by Crippen LogP contribution is -2.48. The Morgan fingerprint density at radius 2 is 2.00 bits per heavy atom. The van der Waals surface area contributed by atoms with Gasteiger partial charge in [-0.2, -0.15) is 0 Å². The van der Waals surface area contributed by atoms with Gasteiger partial charge in [-0.15, -0.1) is 0 Å². The van der Waals surface area contributed by atoms with E-state index < -0.39 is 17.4 Å². The summed E-state index contributed by atoms with van der Waals surface area (Å²) in [5.74, 6) is -0.867. The van der Waals surface area contributed by atoms with Crippen LogP contribution in [0.5, 0.6) is 0 Å². The van der Waals surface area contributed by atoms with Gasteiger partial charge in [0.15, 0.2) is 0 Å². The van der Waals surface area contributed by atoms with E-state index in [-0.39, 0.29) is 6.54 Å². The quantitative estimate of drug-likeness (QED) is 0.796. The molecule has 1 saturated carbocycles. The standard InChI is InChI=1S/C13H14Cl2N2O3/c14-8-2-3-10(9(15)6-8)17-12(20)16-7-13(11(18)19)4-1-5-13/h2-3,6H,1,4-5,7H2,(H,18,19)(H2,16,17,20). The number of hydrogen-bond acceptors (Lipinski definition) is 2. The van der Waals surface area contributed by atoms with Crippen molar-refractivity contribution in [3.8, 4) is 0 Å². The van der Waals surface area contributed by atoms with E-state index in [1.807, 2.05) is 0 Å². The number of carboxylic acid groups (broad SMARTS) is 1. The number of carboxylic acids is 1. The van der Waals surface area contributed by atoms with E-state index >= 15 is 0 Å². The first-order valence-electron chi connectivity index (χ1n) is 6.16. The summed E-state index contributed by atoms with van der Waals surface area (Å²) >= 11 is 11.7. The molecule has 3 N–H and O–H groups in total. The van der Waals surface area contributed by atoms with Crippen LogP contribution in [0.25, 0.3) is 0 Å². The summed E-state index contributed by atoms with van der Waals surface area (Å²) in [6, 6.07) is 4.22. The first-order valence-corrected chi connectivity index (χ1v) is 6.92. The third-order valence-electron chi connectivity index (χ3n) is 3.53. The van der Waals surface area contributed by atoms with Gasteiger partial charge in [-0.3, -0.25) is 4.79 Å². The molecule has 0 aromatic heterocycles. The SMILES string of the molecule is O=C(NCC1(C(=O)O)CCC1)Nc1ccc(Cl)cc1Cl. The van der Waals surface area contributed by atoms with Gasteiger partial charge >= 0.3 is 12.0 Å². The maximum Gasteiger partial charge on any atom is 0.319 e. The smallest absolute Gasteiger partial charge is 0.319 e. The highest BCUT2D eigenvalue weighted by Gasteiger charge is 2.44. The molecule has 20 heavy (non-hydrogen) atoms. The Balaban J connectivity index is 1.91. The Kier molecular flexibility index (Phi) is 4.40. The minimum absolute atomic E-state index is 0.110. The first-order chi connectivity index (χ1) is 9.43. The van der Waals surface area contributed by atoms with Crippen LogP contribution in [0.1, 0.15) is 19.3 Å². The largest absolute Gasteiger partial charge is 0.481 e. The number of urea groups is 1. The summed E-state index contributed by atoms with van der Waals surface area (Å²) in [6.45, 7) is 0.110. The molecule has 1 aromatic rings. The van der Waals surface area contributed by atoms with Crippen molar-refractivity contribution in [1.29, 1.82) is 0 Å². The van der Waals surface area contributed by atoms with E-state index in [2.05, 4.69) is 10.6 Å². The molecule has 0 bridgehead atoms. The van der Waals surface area contributed by atoms with Crippen molar-refractivity contribution in [3.63, 3.8) is 0 Å². The third-order valence-corrected chi connectivity index (χ3v) is 4.08. The molecule has 0 aliphatic heterocycles. The molecule has 0 unspecified atom stereocenters. The Hall–Kier alpha value is -1.46. The third kappa shape index (κ3) is 3.16. The molecule has 5 nitrogen and oxygen atoms in total. The number of aliphatic carboxylic acids is 1. The molecule has 1 aromatic carbocycles. The fourth-order valence-corrected chi connectivity index (χ4v) is 2.53. The van der Waals surface area contributed by atoms with Gasteiger partial charge in [0.1, 0.15) is 0 Å². The number of benzene rings is 1. The van der Waals surface area contributed by atoms with Crippen molar-refractivity contribution >= 4 is 40.9 Å². The van der Waals surface area contributed by atoms with E-state index in [0.717, 1.165) is 6.42 Å². The van der Waals surface area contributed by atoms with Crippen molar-refractivity contribution in [3.05, 3.63) is 28.2 Å². The molecule has 0 saturated heterocycles. The number of carbonyl (C=O) groups excluding carboxylic acids is 1. The maximum atomic E-state index is 11.8. The predicted molar refractivity (Wildman–Crippen MR) is 77.4 cm³/mol. The van der Waals surface area contributed by atoms with E-state index in [4.69, 9.17) is 28.3 Å². The van der Waals surface area contributed by atoms with E-state index in [1.165, 1.54) is 6.07 Å². The van der Waals surface area contributed by atoms with Crippen LogP contribution < -0.4 is 10.6 Å². The normalized spacial score (nSPS) is 16.1. The Bertz CT molecular complexity index is 544. The first kappa shape index (κ1) is 14.9. The molecule has 1 fully saturated rings. The minimum Gasteiger partial charge on any atom is -0.481 e. The lowest BCUT2D eigenvalue weighted by molar-refractivity contribution is -0.153. The molecule has 2 rings (SSSR count). The van der Waals surface area contributed by atoms with Crippen molar-refractivity contribution < 1.29 is 14.7 Å². The zero-order valence-corrected chi connectivity index (χ0v) is 12.1. The molecule has 0 atom stereocenters. The molecule has 0 radical (unpaired) electrons. The van der Waals surface area contributed by atoms with Gasteiger partial charge in [-0.1, -0.05) is 29.6 Å². The number of rotatable bonds is 4. The summed E-state index contributed by atoms with van der Waals surface area (Å²) in [4.78, 5) is 22.9. The molecular weight excluding hydrogens is 303 g/mol. The van der Waals surface area contributed by atoms with Crippen LogP contribution in [0, 0.1) is 5.41 Å². The number of amides is 2. The monoisotopic (exact) mass is 316 g/mol. The Labute approximate surface area is 126 Å². The van der Waals surface area contributed by atoms with Crippen LogP contribution in [-0.4, -0.2) is 23.7 Å². The number of halogens is 2. The number of nitrogens with one attached hydrogen (secondary N) is 2.